The molecule has 0 aliphatic carbocycles. The van der Waals surface area contributed by atoms with E-state index >= 15 is 0 Å². The molecule has 0 saturated heterocycles. The molecule has 0 N–H and O–H groups in total. The summed E-state index contributed by atoms with van der Waals surface area (Å²) in [6.07, 6.45) is 1.95. The topological polar surface area (TPSA) is 28.7 Å². The fourth-order valence-electron chi connectivity index (χ4n) is 1.32. The van der Waals surface area contributed by atoms with Gasteiger partial charge in [-0.15, -0.1) is 0 Å². The Morgan fingerprint density at radius 2 is 1.93 bits per heavy atom. The molecule has 2 rings (SSSR count). The third-order valence-corrected chi connectivity index (χ3v) is 2.53. The first-order valence-electron chi connectivity index (χ1n) is 4.14. The number of para-hydroxylation sites is 1. The minimum Gasteiger partial charge on any atom is -0.307 e. The maximum atomic E-state index is 8.92. The lowest BCUT2D eigenvalue weighted by Gasteiger charge is -2.02. The molecule has 0 atom stereocenters. The van der Waals surface area contributed by atoms with E-state index in [2.05, 4.69) is 28.7 Å². The molecule has 1 aromatic heterocycles. The van der Waals surface area contributed by atoms with E-state index in [1.807, 2.05) is 47.2 Å². The molecule has 3 heteroatoms. The third kappa shape index (κ3) is 1.66. The molecule has 68 valence electrons. The average Bonchev–Trinajstić information content (AvgIpc) is 2.61. The highest BCUT2D eigenvalue weighted by molar-refractivity contribution is 14.1. The summed E-state index contributed by atoms with van der Waals surface area (Å²) < 4.78 is 2.96. The van der Waals surface area contributed by atoms with Gasteiger partial charge in [0.2, 0.25) is 0 Å². The van der Waals surface area contributed by atoms with Gasteiger partial charge in [0.25, 0.3) is 0 Å². The quantitative estimate of drug-likeness (QED) is 0.743. The van der Waals surface area contributed by atoms with Gasteiger partial charge in [-0.2, -0.15) is 5.26 Å². The number of nitrogens with zero attached hydrogens (tertiary/aromatic N) is 2. The Bertz CT molecular complexity index is 480. The van der Waals surface area contributed by atoms with Crippen LogP contribution in [0.2, 0.25) is 0 Å². The van der Waals surface area contributed by atoms with E-state index in [1.165, 1.54) is 0 Å². The molecular weight excluding hydrogens is 287 g/mol. The van der Waals surface area contributed by atoms with Crippen LogP contribution in [-0.4, -0.2) is 4.57 Å². The molecule has 0 aliphatic rings. The SMILES string of the molecule is N#Cc1cc(I)cn1-c1ccccc1. The summed E-state index contributed by atoms with van der Waals surface area (Å²) >= 11 is 2.20. The van der Waals surface area contributed by atoms with E-state index < -0.39 is 0 Å². The molecule has 0 saturated carbocycles. The van der Waals surface area contributed by atoms with Gasteiger partial charge in [0.15, 0.2) is 0 Å². The highest BCUT2D eigenvalue weighted by atomic mass is 127. The Morgan fingerprint density at radius 3 is 2.57 bits per heavy atom. The van der Waals surface area contributed by atoms with E-state index in [4.69, 9.17) is 5.26 Å². The van der Waals surface area contributed by atoms with Crippen molar-refractivity contribution in [2.45, 2.75) is 0 Å². The lowest BCUT2D eigenvalue weighted by Crippen LogP contribution is -1.93. The predicted molar refractivity (Wildman–Crippen MR) is 63.2 cm³/mol. The Labute approximate surface area is 95.9 Å². The molecule has 1 aromatic carbocycles. The highest BCUT2D eigenvalue weighted by Crippen LogP contribution is 2.16. The minimum atomic E-state index is 0.667. The largest absolute Gasteiger partial charge is 0.307 e. The summed E-state index contributed by atoms with van der Waals surface area (Å²) in [7, 11) is 0. The number of aromatic nitrogens is 1. The summed E-state index contributed by atoms with van der Waals surface area (Å²) in [6.45, 7) is 0. The van der Waals surface area contributed by atoms with Gasteiger partial charge in [0.1, 0.15) is 11.8 Å². The van der Waals surface area contributed by atoms with Crippen LogP contribution >= 0.6 is 22.6 Å². The van der Waals surface area contributed by atoms with Crippen LogP contribution in [0.1, 0.15) is 5.69 Å². The van der Waals surface area contributed by atoms with E-state index in [1.54, 1.807) is 0 Å². The molecule has 0 aliphatic heterocycles. The van der Waals surface area contributed by atoms with Gasteiger partial charge in [-0.3, -0.25) is 0 Å². The zero-order valence-electron chi connectivity index (χ0n) is 7.31. The number of halogens is 1. The van der Waals surface area contributed by atoms with Crippen LogP contribution in [0.5, 0.6) is 0 Å². The summed E-state index contributed by atoms with van der Waals surface area (Å²) in [4.78, 5) is 0. The number of rotatable bonds is 1. The van der Waals surface area contributed by atoms with Crippen LogP contribution in [0.15, 0.2) is 42.6 Å². The van der Waals surface area contributed by atoms with Gasteiger partial charge in [-0.1, -0.05) is 18.2 Å². The minimum absolute atomic E-state index is 0.667. The van der Waals surface area contributed by atoms with Crippen LogP contribution in [-0.2, 0) is 0 Å². The molecule has 2 aromatic rings. The van der Waals surface area contributed by atoms with E-state index in [0.29, 0.717) is 5.69 Å². The van der Waals surface area contributed by atoms with Crippen molar-refractivity contribution < 1.29 is 0 Å². The lowest BCUT2D eigenvalue weighted by atomic mass is 10.3. The first-order chi connectivity index (χ1) is 6.81. The van der Waals surface area contributed by atoms with Gasteiger partial charge in [0.05, 0.1) is 0 Å². The molecule has 0 unspecified atom stereocenters. The van der Waals surface area contributed by atoms with Crippen LogP contribution in [0.3, 0.4) is 0 Å². The highest BCUT2D eigenvalue weighted by Gasteiger charge is 2.04. The Balaban J connectivity index is 2.58. The Kier molecular flexibility index (Phi) is 2.55. The number of hydrogen-bond acceptors (Lipinski definition) is 1. The summed E-state index contributed by atoms with van der Waals surface area (Å²) in [5.74, 6) is 0. The average molecular weight is 294 g/mol. The van der Waals surface area contributed by atoms with Gasteiger partial charge in [0, 0.05) is 15.5 Å². The maximum absolute atomic E-state index is 8.92. The van der Waals surface area contributed by atoms with E-state index in [-0.39, 0.29) is 0 Å². The number of nitriles is 1. The normalized spacial score (nSPS) is 9.71. The Morgan fingerprint density at radius 1 is 1.21 bits per heavy atom. The second-order valence-corrected chi connectivity index (χ2v) is 4.11. The van der Waals surface area contributed by atoms with Crippen molar-refractivity contribution >= 4 is 22.6 Å². The smallest absolute Gasteiger partial charge is 0.125 e. The second-order valence-electron chi connectivity index (χ2n) is 2.86. The number of benzene rings is 1. The predicted octanol–water partition coefficient (Wildman–Crippen LogP) is 2.95. The zero-order chi connectivity index (χ0) is 9.97. The lowest BCUT2D eigenvalue weighted by molar-refractivity contribution is 1.05. The fourth-order valence-corrected chi connectivity index (χ4v) is 1.89. The molecule has 1 heterocycles. The van der Waals surface area contributed by atoms with Gasteiger partial charge in [-0.25, -0.2) is 0 Å². The van der Waals surface area contributed by atoms with Crippen molar-refractivity contribution in [3.05, 3.63) is 51.9 Å². The summed E-state index contributed by atoms with van der Waals surface area (Å²) in [5.41, 5.74) is 1.69. The zero-order valence-corrected chi connectivity index (χ0v) is 9.47. The first kappa shape index (κ1) is 9.28. The van der Waals surface area contributed by atoms with Crippen LogP contribution in [0.25, 0.3) is 5.69 Å². The molecule has 0 amide bonds. The van der Waals surface area contributed by atoms with Gasteiger partial charge >= 0.3 is 0 Å². The van der Waals surface area contributed by atoms with Crippen LogP contribution < -0.4 is 0 Å². The molecule has 2 nitrogen and oxygen atoms in total. The first-order valence-corrected chi connectivity index (χ1v) is 5.22. The molecule has 0 radical (unpaired) electrons. The molecule has 14 heavy (non-hydrogen) atoms. The van der Waals surface area contributed by atoms with Crippen LogP contribution in [0, 0.1) is 14.9 Å². The summed E-state index contributed by atoms with van der Waals surface area (Å²) in [6, 6.07) is 13.9. The van der Waals surface area contributed by atoms with Gasteiger partial charge in [-0.05, 0) is 40.8 Å². The maximum Gasteiger partial charge on any atom is 0.125 e. The van der Waals surface area contributed by atoms with Crippen LogP contribution in [0.4, 0.5) is 0 Å². The fraction of sp³-hybridized carbons (Fsp3) is 0. The van der Waals surface area contributed by atoms with Gasteiger partial charge < -0.3 is 4.57 Å². The molecular formula is C11H7IN2. The van der Waals surface area contributed by atoms with Crippen molar-refractivity contribution in [1.82, 2.24) is 4.57 Å². The number of hydrogen-bond donors (Lipinski definition) is 0. The molecule has 0 spiro atoms. The third-order valence-electron chi connectivity index (χ3n) is 1.94. The van der Waals surface area contributed by atoms with Crippen molar-refractivity contribution in [2.24, 2.45) is 0 Å². The standard InChI is InChI=1S/C11H7IN2/c12-9-6-11(7-13)14(8-9)10-4-2-1-3-5-10/h1-6,8H. The van der Waals surface area contributed by atoms with Crippen molar-refractivity contribution in [2.75, 3.05) is 0 Å². The van der Waals surface area contributed by atoms with Crippen molar-refractivity contribution in [3.8, 4) is 11.8 Å². The van der Waals surface area contributed by atoms with E-state index in [0.717, 1.165) is 9.26 Å². The monoisotopic (exact) mass is 294 g/mol. The molecule has 0 bridgehead atoms. The summed E-state index contributed by atoms with van der Waals surface area (Å²) in [5, 5.41) is 8.92. The molecule has 0 fully saturated rings. The Hall–Kier alpha value is -1.28. The van der Waals surface area contributed by atoms with E-state index in [9.17, 15) is 0 Å². The van der Waals surface area contributed by atoms with Crippen molar-refractivity contribution in [1.29, 1.82) is 5.26 Å². The second kappa shape index (κ2) is 3.84. The van der Waals surface area contributed by atoms with Crippen molar-refractivity contribution in [3.63, 3.8) is 0 Å².